The first-order valence-corrected chi connectivity index (χ1v) is 8.60. The standard InChI is InChI=1S/C12H25N2O4P/c1-4-17-19(16,18-5-2)9-10-6-7-14-11(8-10)12(15)13-3/h10-11,14H,4-9H2,1-3H3,(H,13,15)/t10-,11+/m1/s1. The zero-order valence-corrected chi connectivity index (χ0v) is 12.9. The smallest absolute Gasteiger partial charge is 0.330 e. The fraction of sp³-hybridized carbons (Fsp3) is 0.917. The van der Waals surface area contributed by atoms with Gasteiger partial charge in [-0.3, -0.25) is 9.36 Å². The first kappa shape index (κ1) is 16.6. The highest BCUT2D eigenvalue weighted by Gasteiger charge is 2.33. The molecule has 0 aromatic carbocycles. The van der Waals surface area contributed by atoms with Crippen LogP contribution in [-0.2, 0) is 18.4 Å². The average molecular weight is 292 g/mol. The molecular formula is C12H25N2O4P. The normalized spacial score (nSPS) is 24.2. The average Bonchev–Trinajstić information content (AvgIpc) is 2.38. The molecule has 0 bridgehead atoms. The second-order valence-corrected chi connectivity index (χ2v) is 6.74. The summed E-state index contributed by atoms with van der Waals surface area (Å²) < 4.78 is 23.1. The van der Waals surface area contributed by atoms with Gasteiger partial charge < -0.3 is 19.7 Å². The van der Waals surface area contributed by atoms with E-state index in [9.17, 15) is 9.36 Å². The van der Waals surface area contributed by atoms with Crippen LogP contribution in [0.2, 0.25) is 0 Å². The number of amides is 1. The molecule has 1 amide bonds. The molecule has 0 unspecified atom stereocenters. The van der Waals surface area contributed by atoms with Crippen LogP contribution in [0.15, 0.2) is 0 Å². The maximum Gasteiger partial charge on any atom is 0.330 e. The number of carbonyl (C=O) groups excluding carboxylic acids is 1. The number of likely N-dealkylation sites (N-methyl/N-ethyl adjacent to an activating group) is 1. The highest BCUT2D eigenvalue weighted by molar-refractivity contribution is 7.53. The van der Waals surface area contributed by atoms with Crippen molar-refractivity contribution in [2.45, 2.75) is 32.7 Å². The molecule has 0 saturated carbocycles. The Bertz CT molecular complexity index is 328. The van der Waals surface area contributed by atoms with Gasteiger partial charge in [0.1, 0.15) is 0 Å². The fourth-order valence-electron chi connectivity index (χ4n) is 2.39. The van der Waals surface area contributed by atoms with Gasteiger partial charge in [-0.2, -0.15) is 0 Å². The van der Waals surface area contributed by atoms with E-state index in [0.717, 1.165) is 13.0 Å². The minimum absolute atomic E-state index is 0.0210. The highest BCUT2D eigenvalue weighted by Crippen LogP contribution is 2.50. The number of hydrogen-bond donors (Lipinski definition) is 2. The lowest BCUT2D eigenvalue weighted by Gasteiger charge is -2.31. The van der Waals surface area contributed by atoms with E-state index in [1.807, 2.05) is 0 Å². The summed E-state index contributed by atoms with van der Waals surface area (Å²) in [7, 11) is -1.39. The van der Waals surface area contributed by atoms with Crippen LogP contribution < -0.4 is 10.6 Å². The van der Waals surface area contributed by atoms with Gasteiger partial charge >= 0.3 is 7.60 Å². The van der Waals surface area contributed by atoms with Gasteiger partial charge in [-0.05, 0) is 39.2 Å². The number of piperidine rings is 1. The minimum atomic E-state index is -3.01. The van der Waals surface area contributed by atoms with Gasteiger partial charge in [-0.1, -0.05) is 0 Å². The van der Waals surface area contributed by atoms with Crippen LogP contribution in [-0.4, -0.2) is 44.9 Å². The third kappa shape index (κ3) is 5.22. The molecule has 6 nitrogen and oxygen atoms in total. The maximum absolute atomic E-state index is 12.5. The summed E-state index contributed by atoms with van der Waals surface area (Å²) in [5, 5.41) is 5.80. The molecule has 0 aromatic rings. The second-order valence-electron chi connectivity index (χ2n) is 4.64. The first-order valence-electron chi connectivity index (χ1n) is 6.87. The molecule has 1 fully saturated rings. The fourth-order valence-corrected chi connectivity index (χ4v) is 4.42. The van der Waals surface area contributed by atoms with Crippen LogP contribution >= 0.6 is 7.60 Å². The van der Waals surface area contributed by atoms with Crippen molar-refractivity contribution in [3.63, 3.8) is 0 Å². The van der Waals surface area contributed by atoms with Gasteiger partial charge in [-0.15, -0.1) is 0 Å². The Labute approximate surface area is 115 Å². The van der Waals surface area contributed by atoms with Gasteiger partial charge in [-0.25, -0.2) is 0 Å². The van der Waals surface area contributed by atoms with E-state index in [4.69, 9.17) is 9.05 Å². The second kappa shape index (κ2) is 8.00. The zero-order valence-electron chi connectivity index (χ0n) is 12.0. The van der Waals surface area contributed by atoms with Gasteiger partial charge in [0, 0.05) is 7.05 Å². The van der Waals surface area contributed by atoms with Crippen molar-refractivity contribution in [3.8, 4) is 0 Å². The number of hydrogen-bond acceptors (Lipinski definition) is 5. The summed E-state index contributed by atoms with van der Waals surface area (Å²) in [6.07, 6.45) is 1.95. The lowest BCUT2D eigenvalue weighted by molar-refractivity contribution is -0.123. The Balaban J connectivity index is 2.59. The summed E-state index contributed by atoms with van der Waals surface area (Å²) >= 11 is 0. The molecule has 2 atom stereocenters. The van der Waals surface area contributed by atoms with Crippen molar-refractivity contribution >= 4 is 13.5 Å². The SMILES string of the molecule is CCOP(=O)(C[C@@H]1CCN[C@H](C(=O)NC)C1)OCC. The molecule has 1 heterocycles. The van der Waals surface area contributed by atoms with Crippen molar-refractivity contribution < 1.29 is 18.4 Å². The van der Waals surface area contributed by atoms with E-state index in [-0.39, 0.29) is 17.9 Å². The Morgan fingerprint density at radius 2 is 2.00 bits per heavy atom. The zero-order chi connectivity index (χ0) is 14.3. The van der Waals surface area contributed by atoms with E-state index < -0.39 is 7.60 Å². The number of carbonyl (C=O) groups is 1. The number of rotatable bonds is 7. The van der Waals surface area contributed by atoms with E-state index in [1.54, 1.807) is 20.9 Å². The van der Waals surface area contributed by atoms with Crippen LogP contribution in [0.25, 0.3) is 0 Å². The predicted octanol–water partition coefficient (Wildman–Crippen LogP) is 1.37. The van der Waals surface area contributed by atoms with Crippen molar-refractivity contribution in [2.75, 3.05) is 33.0 Å². The molecule has 1 aliphatic heterocycles. The Morgan fingerprint density at radius 1 is 1.37 bits per heavy atom. The monoisotopic (exact) mass is 292 g/mol. The highest BCUT2D eigenvalue weighted by atomic mass is 31.2. The summed E-state index contributed by atoms with van der Waals surface area (Å²) in [4.78, 5) is 11.6. The van der Waals surface area contributed by atoms with E-state index in [1.165, 1.54) is 0 Å². The molecule has 1 saturated heterocycles. The van der Waals surface area contributed by atoms with E-state index in [2.05, 4.69) is 10.6 Å². The van der Waals surface area contributed by atoms with Crippen molar-refractivity contribution in [3.05, 3.63) is 0 Å². The molecule has 1 aliphatic rings. The van der Waals surface area contributed by atoms with Crippen molar-refractivity contribution in [1.82, 2.24) is 10.6 Å². The largest absolute Gasteiger partial charge is 0.358 e. The topological polar surface area (TPSA) is 76.7 Å². The molecule has 2 N–H and O–H groups in total. The minimum Gasteiger partial charge on any atom is -0.358 e. The molecule has 0 radical (unpaired) electrons. The summed E-state index contributed by atoms with van der Waals surface area (Å²) in [5.41, 5.74) is 0. The van der Waals surface area contributed by atoms with Gasteiger partial charge in [0.05, 0.1) is 25.4 Å². The third-order valence-corrected chi connectivity index (χ3v) is 5.48. The Hall–Kier alpha value is -0.420. The molecule has 0 spiro atoms. The molecule has 1 rings (SSSR count). The Kier molecular flexibility index (Phi) is 7.00. The van der Waals surface area contributed by atoms with Crippen LogP contribution in [0.5, 0.6) is 0 Å². The van der Waals surface area contributed by atoms with E-state index in [0.29, 0.717) is 25.8 Å². The lowest BCUT2D eigenvalue weighted by Crippen LogP contribution is -2.48. The van der Waals surface area contributed by atoms with Crippen LogP contribution in [0.3, 0.4) is 0 Å². The molecule has 0 aromatic heterocycles. The van der Waals surface area contributed by atoms with Gasteiger partial charge in [0.15, 0.2) is 0 Å². The molecule has 19 heavy (non-hydrogen) atoms. The quantitative estimate of drug-likeness (QED) is 0.693. The van der Waals surface area contributed by atoms with Crippen LogP contribution in [0.1, 0.15) is 26.7 Å². The van der Waals surface area contributed by atoms with Gasteiger partial charge in [0.25, 0.3) is 0 Å². The summed E-state index contributed by atoms with van der Waals surface area (Å²) in [5.74, 6) is 0.167. The summed E-state index contributed by atoms with van der Waals surface area (Å²) in [6.45, 7) is 5.12. The van der Waals surface area contributed by atoms with Gasteiger partial charge in [0.2, 0.25) is 5.91 Å². The van der Waals surface area contributed by atoms with Crippen LogP contribution in [0.4, 0.5) is 0 Å². The lowest BCUT2D eigenvalue weighted by atomic mass is 9.94. The van der Waals surface area contributed by atoms with Crippen molar-refractivity contribution in [1.29, 1.82) is 0 Å². The first-order chi connectivity index (χ1) is 9.04. The molecule has 7 heteroatoms. The van der Waals surface area contributed by atoms with Crippen molar-refractivity contribution in [2.24, 2.45) is 5.92 Å². The number of nitrogens with one attached hydrogen (secondary N) is 2. The maximum atomic E-state index is 12.5. The Morgan fingerprint density at radius 3 is 2.53 bits per heavy atom. The predicted molar refractivity (Wildman–Crippen MR) is 74.3 cm³/mol. The van der Waals surface area contributed by atoms with E-state index >= 15 is 0 Å². The molecule has 0 aliphatic carbocycles. The third-order valence-electron chi connectivity index (χ3n) is 3.21. The van der Waals surface area contributed by atoms with Crippen LogP contribution in [0, 0.1) is 5.92 Å². The molecule has 112 valence electrons. The molecular weight excluding hydrogens is 267 g/mol. The summed E-state index contributed by atoms with van der Waals surface area (Å²) in [6, 6.07) is -0.208.